The van der Waals surface area contributed by atoms with Gasteiger partial charge >= 0.3 is 0 Å². The molecule has 27 heavy (non-hydrogen) atoms. The lowest BCUT2D eigenvalue weighted by molar-refractivity contribution is 0.100. The van der Waals surface area contributed by atoms with Crippen LogP contribution in [0.3, 0.4) is 0 Å². The summed E-state index contributed by atoms with van der Waals surface area (Å²) >= 11 is 5.96. The lowest BCUT2D eigenvalue weighted by atomic mass is 10.2. The van der Waals surface area contributed by atoms with Gasteiger partial charge in [-0.15, -0.1) is 0 Å². The summed E-state index contributed by atoms with van der Waals surface area (Å²) in [6, 6.07) is 11.7. The van der Waals surface area contributed by atoms with E-state index in [-0.39, 0.29) is 22.9 Å². The van der Waals surface area contributed by atoms with E-state index in [9.17, 15) is 9.90 Å². The number of phenolic OH excluding ortho intramolecular Hbond substituents is 1. The number of methoxy groups -OCH3 is 1. The minimum Gasteiger partial charge on any atom is -0.507 e. The molecule has 0 radical (unpaired) electrons. The number of rotatable bonds is 6. The summed E-state index contributed by atoms with van der Waals surface area (Å²) < 4.78 is 5.19. The summed E-state index contributed by atoms with van der Waals surface area (Å²) in [6.07, 6.45) is 1.35. The summed E-state index contributed by atoms with van der Waals surface area (Å²) in [4.78, 5) is 16.1. The van der Waals surface area contributed by atoms with E-state index < -0.39 is 5.91 Å². The third kappa shape index (κ3) is 4.01. The lowest BCUT2D eigenvalue weighted by Crippen LogP contribution is -2.12. The number of benzene rings is 2. The summed E-state index contributed by atoms with van der Waals surface area (Å²) in [7, 11) is 1.47. The number of primary amides is 1. The number of halogens is 1. The zero-order valence-corrected chi connectivity index (χ0v) is 15.0. The van der Waals surface area contributed by atoms with Crippen LogP contribution in [-0.4, -0.2) is 34.5 Å². The molecule has 1 amide bonds. The molecule has 8 nitrogen and oxygen atoms in total. The second-order valence-electron chi connectivity index (χ2n) is 5.45. The van der Waals surface area contributed by atoms with E-state index in [2.05, 4.69) is 20.5 Å². The lowest BCUT2D eigenvalue weighted by Gasteiger charge is -2.06. The number of amides is 1. The highest BCUT2D eigenvalue weighted by atomic mass is 35.5. The normalized spacial score (nSPS) is 10.9. The Labute approximate surface area is 159 Å². The van der Waals surface area contributed by atoms with Gasteiger partial charge in [-0.25, -0.2) is 4.99 Å². The molecule has 3 aromatic rings. The Bertz CT molecular complexity index is 1020. The molecule has 0 aliphatic heterocycles. The van der Waals surface area contributed by atoms with Gasteiger partial charge in [0.2, 0.25) is 0 Å². The highest BCUT2D eigenvalue weighted by Crippen LogP contribution is 2.29. The monoisotopic (exact) mass is 385 g/mol. The Balaban J connectivity index is 1.96. The summed E-state index contributed by atoms with van der Waals surface area (Å²) in [6.45, 7) is 0. The average Bonchev–Trinajstić information content (AvgIpc) is 3.03. The highest BCUT2D eigenvalue weighted by Gasteiger charge is 2.18. The van der Waals surface area contributed by atoms with Crippen LogP contribution in [0, 0.1) is 0 Å². The molecule has 0 saturated carbocycles. The first-order valence-electron chi connectivity index (χ1n) is 7.80. The van der Waals surface area contributed by atoms with Gasteiger partial charge in [-0.3, -0.25) is 9.89 Å². The zero-order valence-electron chi connectivity index (χ0n) is 14.2. The molecular weight excluding hydrogens is 370 g/mol. The maximum Gasteiger partial charge on any atom is 0.256 e. The molecule has 3 rings (SSSR count). The van der Waals surface area contributed by atoms with Crippen LogP contribution in [0.15, 0.2) is 47.5 Å². The molecule has 0 aliphatic rings. The van der Waals surface area contributed by atoms with Crippen molar-refractivity contribution < 1.29 is 14.6 Å². The molecular formula is C18H16ClN5O3. The highest BCUT2D eigenvalue weighted by molar-refractivity contribution is 6.30. The van der Waals surface area contributed by atoms with Crippen molar-refractivity contribution in [2.75, 3.05) is 12.4 Å². The Morgan fingerprint density at radius 1 is 1.37 bits per heavy atom. The zero-order chi connectivity index (χ0) is 19.4. The Kier molecular flexibility index (Phi) is 5.28. The molecule has 0 atom stereocenters. The van der Waals surface area contributed by atoms with Crippen molar-refractivity contribution in [2.45, 2.75) is 0 Å². The van der Waals surface area contributed by atoms with E-state index in [1.54, 1.807) is 36.4 Å². The number of nitrogens with zero attached hydrogens (tertiary/aromatic N) is 2. The average molecular weight is 386 g/mol. The predicted octanol–water partition coefficient (Wildman–Crippen LogP) is 3.37. The van der Waals surface area contributed by atoms with Gasteiger partial charge in [-0.05, 0) is 30.3 Å². The molecule has 138 valence electrons. The van der Waals surface area contributed by atoms with Crippen LogP contribution >= 0.6 is 11.6 Å². The number of ether oxygens (including phenoxy) is 1. The van der Waals surface area contributed by atoms with Crippen LogP contribution < -0.4 is 15.8 Å². The van der Waals surface area contributed by atoms with E-state index in [4.69, 9.17) is 22.1 Å². The largest absolute Gasteiger partial charge is 0.507 e. The number of H-pyrrole nitrogens is 1. The van der Waals surface area contributed by atoms with E-state index in [0.717, 1.165) is 0 Å². The van der Waals surface area contributed by atoms with Gasteiger partial charge in [0, 0.05) is 16.9 Å². The van der Waals surface area contributed by atoms with Crippen LogP contribution in [0.1, 0.15) is 15.9 Å². The van der Waals surface area contributed by atoms with Crippen molar-refractivity contribution in [1.29, 1.82) is 0 Å². The quantitative estimate of drug-likeness (QED) is 0.484. The van der Waals surface area contributed by atoms with Crippen LogP contribution in [0.2, 0.25) is 5.02 Å². The van der Waals surface area contributed by atoms with Crippen molar-refractivity contribution in [2.24, 2.45) is 10.7 Å². The van der Waals surface area contributed by atoms with E-state index in [0.29, 0.717) is 22.0 Å². The van der Waals surface area contributed by atoms with Crippen LogP contribution in [0.5, 0.6) is 11.5 Å². The fourth-order valence-corrected chi connectivity index (χ4v) is 2.62. The first kappa shape index (κ1) is 18.3. The van der Waals surface area contributed by atoms with Crippen molar-refractivity contribution in [3.05, 3.63) is 58.6 Å². The molecule has 0 unspecified atom stereocenters. The van der Waals surface area contributed by atoms with Crippen molar-refractivity contribution in [3.8, 4) is 11.5 Å². The van der Waals surface area contributed by atoms with Gasteiger partial charge < -0.3 is 20.9 Å². The topological polar surface area (TPSA) is 126 Å². The van der Waals surface area contributed by atoms with Gasteiger partial charge in [-0.1, -0.05) is 23.7 Å². The second-order valence-corrected chi connectivity index (χ2v) is 5.88. The fourth-order valence-electron chi connectivity index (χ4n) is 2.43. The number of phenols is 1. The van der Waals surface area contributed by atoms with Gasteiger partial charge in [0.25, 0.3) is 5.91 Å². The molecule has 5 N–H and O–H groups in total. The molecule has 0 fully saturated rings. The molecule has 0 saturated heterocycles. The molecule has 1 heterocycles. The third-order valence-electron chi connectivity index (χ3n) is 3.67. The number of aromatic hydroxyl groups is 1. The maximum atomic E-state index is 11.9. The van der Waals surface area contributed by atoms with Gasteiger partial charge in [0.1, 0.15) is 22.9 Å². The molecule has 0 bridgehead atoms. The number of carbonyl (C=O) groups is 1. The van der Waals surface area contributed by atoms with Crippen LogP contribution in [0.25, 0.3) is 0 Å². The van der Waals surface area contributed by atoms with E-state index in [1.807, 2.05) is 0 Å². The summed E-state index contributed by atoms with van der Waals surface area (Å²) in [5.41, 5.74) is 6.55. The molecule has 9 heteroatoms. The van der Waals surface area contributed by atoms with Gasteiger partial charge in [-0.2, -0.15) is 5.10 Å². The standard InChI is InChI=1S/C18H16ClN5O3/c1-27-14-7-3-6-13(25)12(14)9-21-17-15(16(20)26)18(24-23-17)22-11-5-2-4-10(19)8-11/h2-9,25H,1H3,(H2,20,26)(H2,22,23,24). The van der Waals surface area contributed by atoms with Gasteiger partial charge in [0.15, 0.2) is 5.82 Å². The number of aliphatic imine (C=N–C) groups is 1. The first-order chi connectivity index (χ1) is 13.0. The summed E-state index contributed by atoms with van der Waals surface area (Å²) in [5.74, 6) is 0.0295. The van der Waals surface area contributed by atoms with Crippen molar-refractivity contribution >= 4 is 41.0 Å². The Hall–Kier alpha value is -3.52. The molecule has 0 aliphatic carbocycles. The minimum absolute atomic E-state index is 0.0217. The number of nitrogens with one attached hydrogen (secondary N) is 2. The van der Waals surface area contributed by atoms with E-state index >= 15 is 0 Å². The number of nitrogens with two attached hydrogens (primary N) is 1. The fraction of sp³-hybridized carbons (Fsp3) is 0.0556. The smallest absolute Gasteiger partial charge is 0.256 e. The summed E-state index contributed by atoms with van der Waals surface area (Å²) in [5, 5.41) is 20.2. The van der Waals surface area contributed by atoms with Crippen LogP contribution in [0.4, 0.5) is 17.3 Å². The van der Waals surface area contributed by atoms with E-state index in [1.165, 1.54) is 19.4 Å². The molecule has 0 spiro atoms. The SMILES string of the molecule is COc1cccc(O)c1C=Nc1n[nH]c(Nc2cccc(Cl)c2)c1C(N)=O. The number of aromatic nitrogens is 2. The van der Waals surface area contributed by atoms with Crippen molar-refractivity contribution in [1.82, 2.24) is 10.2 Å². The van der Waals surface area contributed by atoms with Gasteiger partial charge in [0.05, 0.1) is 12.7 Å². The second kappa shape index (κ2) is 7.79. The number of carbonyl (C=O) groups excluding carboxylic acids is 1. The van der Waals surface area contributed by atoms with Crippen molar-refractivity contribution in [3.63, 3.8) is 0 Å². The maximum absolute atomic E-state index is 11.9. The molecule has 2 aromatic carbocycles. The Morgan fingerprint density at radius 3 is 2.85 bits per heavy atom. The van der Waals surface area contributed by atoms with Crippen LogP contribution in [-0.2, 0) is 0 Å². The number of anilines is 2. The Morgan fingerprint density at radius 2 is 2.15 bits per heavy atom. The third-order valence-corrected chi connectivity index (χ3v) is 3.90. The predicted molar refractivity (Wildman–Crippen MR) is 104 cm³/mol. The first-order valence-corrected chi connectivity index (χ1v) is 8.18. The number of aromatic amines is 1. The number of hydrogen-bond acceptors (Lipinski definition) is 6. The number of hydrogen-bond donors (Lipinski definition) is 4. The minimum atomic E-state index is -0.718. The molecule has 1 aromatic heterocycles.